The highest BCUT2D eigenvalue weighted by molar-refractivity contribution is 9.09. The SMILES string of the molecule is CCN(CCCBr)S(=O)(=O)c1cc(C)c(Cl)s1. The number of aryl methyl sites for hydroxylation is 1. The molecular weight excluding hydrogens is 346 g/mol. The number of halogens is 2. The van der Waals surface area contributed by atoms with Gasteiger partial charge in [0.15, 0.2) is 0 Å². The van der Waals surface area contributed by atoms with Crippen LogP contribution in [-0.2, 0) is 10.0 Å². The summed E-state index contributed by atoms with van der Waals surface area (Å²) in [6.07, 6.45) is 0.797. The molecule has 1 aromatic rings. The Hall–Kier alpha value is 0.380. The van der Waals surface area contributed by atoms with Crippen LogP contribution in [0.2, 0.25) is 4.34 Å². The van der Waals surface area contributed by atoms with Crippen molar-refractivity contribution < 1.29 is 8.42 Å². The molecular formula is C10H15BrClNO2S2. The molecule has 1 rings (SSSR count). The minimum atomic E-state index is -3.38. The van der Waals surface area contributed by atoms with Gasteiger partial charge in [-0.25, -0.2) is 8.42 Å². The van der Waals surface area contributed by atoms with E-state index in [0.29, 0.717) is 21.6 Å². The van der Waals surface area contributed by atoms with Crippen molar-refractivity contribution >= 4 is 48.9 Å². The van der Waals surface area contributed by atoms with Crippen LogP contribution in [-0.4, -0.2) is 31.1 Å². The number of hydrogen-bond donors (Lipinski definition) is 0. The third kappa shape index (κ3) is 3.67. The molecule has 7 heteroatoms. The van der Waals surface area contributed by atoms with Gasteiger partial charge in [-0.3, -0.25) is 0 Å². The van der Waals surface area contributed by atoms with E-state index in [1.165, 1.54) is 4.31 Å². The average molecular weight is 361 g/mol. The normalized spacial score (nSPS) is 12.3. The summed E-state index contributed by atoms with van der Waals surface area (Å²) in [5.41, 5.74) is 0.812. The van der Waals surface area contributed by atoms with Crippen LogP contribution < -0.4 is 0 Å². The van der Waals surface area contributed by atoms with Crippen molar-refractivity contribution in [2.75, 3.05) is 18.4 Å². The number of thiophene rings is 1. The predicted octanol–water partition coefficient (Wildman–Crippen LogP) is 3.51. The molecule has 0 aliphatic heterocycles. The molecule has 0 N–H and O–H groups in total. The van der Waals surface area contributed by atoms with E-state index in [1.54, 1.807) is 6.07 Å². The Balaban J connectivity index is 2.99. The summed E-state index contributed by atoms with van der Waals surface area (Å²) in [4.78, 5) is 0. The molecule has 0 saturated heterocycles. The van der Waals surface area contributed by atoms with Gasteiger partial charge in [-0.15, -0.1) is 11.3 Å². The molecule has 0 fully saturated rings. The van der Waals surface area contributed by atoms with Crippen LogP contribution in [0.15, 0.2) is 10.3 Å². The van der Waals surface area contributed by atoms with Crippen LogP contribution in [0.25, 0.3) is 0 Å². The van der Waals surface area contributed by atoms with Gasteiger partial charge in [0, 0.05) is 18.4 Å². The van der Waals surface area contributed by atoms with Crippen LogP contribution in [0.4, 0.5) is 0 Å². The smallest absolute Gasteiger partial charge is 0.206 e. The summed E-state index contributed by atoms with van der Waals surface area (Å²) in [5, 5.41) is 0.795. The number of rotatable bonds is 6. The van der Waals surface area contributed by atoms with E-state index in [0.717, 1.165) is 28.7 Å². The van der Waals surface area contributed by atoms with Gasteiger partial charge in [-0.05, 0) is 25.0 Å². The largest absolute Gasteiger partial charge is 0.252 e. The van der Waals surface area contributed by atoms with E-state index >= 15 is 0 Å². The first-order valence-corrected chi connectivity index (χ1v) is 9.01. The van der Waals surface area contributed by atoms with E-state index in [-0.39, 0.29) is 0 Å². The standard InChI is InChI=1S/C10H15BrClNO2S2/c1-3-13(6-4-5-11)17(14,15)9-7-8(2)10(12)16-9/h7H,3-6H2,1-2H3. The first-order chi connectivity index (χ1) is 7.93. The molecule has 0 atom stereocenters. The lowest BCUT2D eigenvalue weighted by atomic mass is 10.4. The Kier molecular flexibility index (Phi) is 5.92. The molecule has 0 aromatic carbocycles. The minimum absolute atomic E-state index is 0.330. The first-order valence-electron chi connectivity index (χ1n) is 5.25. The highest BCUT2D eigenvalue weighted by Gasteiger charge is 2.25. The van der Waals surface area contributed by atoms with Gasteiger partial charge in [0.05, 0.1) is 4.34 Å². The summed E-state index contributed by atoms with van der Waals surface area (Å²) in [6.45, 7) is 4.66. The number of sulfonamides is 1. The lowest BCUT2D eigenvalue weighted by Crippen LogP contribution is -2.31. The van der Waals surface area contributed by atoms with Crippen LogP contribution >= 0.6 is 38.9 Å². The second-order valence-corrected chi connectivity index (χ2v) is 8.17. The maximum absolute atomic E-state index is 12.3. The molecule has 98 valence electrons. The molecule has 1 heterocycles. The van der Waals surface area contributed by atoms with Gasteiger partial charge >= 0.3 is 0 Å². The predicted molar refractivity (Wildman–Crippen MR) is 76.9 cm³/mol. The van der Waals surface area contributed by atoms with E-state index in [9.17, 15) is 8.42 Å². The van der Waals surface area contributed by atoms with Crippen LogP contribution in [0.1, 0.15) is 18.9 Å². The fourth-order valence-electron chi connectivity index (χ4n) is 1.37. The topological polar surface area (TPSA) is 37.4 Å². The fourth-order valence-corrected chi connectivity index (χ4v) is 4.97. The third-order valence-electron chi connectivity index (χ3n) is 2.32. The highest BCUT2D eigenvalue weighted by atomic mass is 79.9. The lowest BCUT2D eigenvalue weighted by molar-refractivity contribution is 0.430. The van der Waals surface area contributed by atoms with Crippen LogP contribution in [0.5, 0.6) is 0 Å². The Morgan fingerprint density at radius 1 is 1.53 bits per heavy atom. The van der Waals surface area contributed by atoms with Crippen molar-refractivity contribution in [1.29, 1.82) is 0 Å². The van der Waals surface area contributed by atoms with Crippen molar-refractivity contribution in [3.63, 3.8) is 0 Å². The zero-order chi connectivity index (χ0) is 13.1. The molecule has 0 unspecified atom stereocenters. The second kappa shape index (κ2) is 6.52. The summed E-state index contributed by atoms with van der Waals surface area (Å²) in [5.74, 6) is 0. The van der Waals surface area contributed by atoms with Crippen molar-refractivity contribution in [3.05, 3.63) is 16.0 Å². The summed E-state index contributed by atoms with van der Waals surface area (Å²) in [6, 6.07) is 1.64. The molecule has 17 heavy (non-hydrogen) atoms. The molecule has 0 radical (unpaired) electrons. The highest BCUT2D eigenvalue weighted by Crippen LogP contribution is 2.31. The van der Waals surface area contributed by atoms with Crippen molar-refractivity contribution in [1.82, 2.24) is 4.31 Å². The summed E-state index contributed by atoms with van der Waals surface area (Å²) < 4.78 is 26.9. The van der Waals surface area contributed by atoms with Gasteiger partial charge in [0.25, 0.3) is 10.0 Å². The average Bonchev–Trinajstić information content (AvgIpc) is 2.61. The molecule has 0 saturated carbocycles. The third-order valence-corrected chi connectivity index (χ3v) is 6.86. The molecule has 0 aliphatic carbocycles. The quantitative estimate of drug-likeness (QED) is 0.728. The van der Waals surface area contributed by atoms with Crippen LogP contribution in [0, 0.1) is 6.92 Å². The van der Waals surface area contributed by atoms with Gasteiger partial charge in [-0.2, -0.15) is 4.31 Å². The molecule has 3 nitrogen and oxygen atoms in total. The Morgan fingerprint density at radius 2 is 2.18 bits per heavy atom. The van der Waals surface area contributed by atoms with Gasteiger partial charge in [-0.1, -0.05) is 34.5 Å². The van der Waals surface area contributed by atoms with Gasteiger partial charge in [0.2, 0.25) is 0 Å². The monoisotopic (exact) mass is 359 g/mol. The van der Waals surface area contributed by atoms with E-state index in [1.807, 2.05) is 13.8 Å². The fraction of sp³-hybridized carbons (Fsp3) is 0.600. The molecule has 0 amide bonds. The van der Waals surface area contributed by atoms with E-state index in [4.69, 9.17) is 11.6 Å². The maximum Gasteiger partial charge on any atom is 0.252 e. The first kappa shape index (κ1) is 15.4. The second-order valence-electron chi connectivity index (χ2n) is 3.56. The van der Waals surface area contributed by atoms with Gasteiger partial charge in [0.1, 0.15) is 4.21 Å². The van der Waals surface area contributed by atoms with E-state index < -0.39 is 10.0 Å². The Labute approximate surface area is 120 Å². The van der Waals surface area contributed by atoms with Crippen molar-refractivity contribution in [2.45, 2.75) is 24.5 Å². The Morgan fingerprint density at radius 3 is 2.59 bits per heavy atom. The van der Waals surface area contributed by atoms with E-state index in [2.05, 4.69) is 15.9 Å². The molecule has 1 aromatic heterocycles. The zero-order valence-electron chi connectivity index (χ0n) is 9.74. The van der Waals surface area contributed by atoms with Crippen molar-refractivity contribution in [2.24, 2.45) is 0 Å². The number of alkyl halides is 1. The van der Waals surface area contributed by atoms with Gasteiger partial charge < -0.3 is 0 Å². The maximum atomic E-state index is 12.3. The summed E-state index contributed by atoms with van der Waals surface area (Å²) in [7, 11) is -3.38. The number of nitrogens with zero attached hydrogens (tertiary/aromatic N) is 1. The molecule has 0 bridgehead atoms. The molecule has 0 spiro atoms. The minimum Gasteiger partial charge on any atom is -0.206 e. The van der Waals surface area contributed by atoms with Crippen molar-refractivity contribution in [3.8, 4) is 0 Å². The van der Waals surface area contributed by atoms with Crippen LogP contribution in [0.3, 0.4) is 0 Å². The number of hydrogen-bond acceptors (Lipinski definition) is 3. The molecule has 0 aliphatic rings. The zero-order valence-corrected chi connectivity index (χ0v) is 13.7. The Bertz CT molecular complexity index is 453. The lowest BCUT2D eigenvalue weighted by Gasteiger charge is -2.18. The summed E-state index contributed by atoms with van der Waals surface area (Å²) >= 11 is 10.3.